The minimum absolute atomic E-state index is 0.00651. The molecule has 1 amide bonds. The molecule has 34 heavy (non-hydrogen) atoms. The Kier molecular flexibility index (Phi) is 6.16. The summed E-state index contributed by atoms with van der Waals surface area (Å²) in [5.41, 5.74) is 1.34. The lowest BCUT2D eigenvalue weighted by Crippen LogP contribution is -2.12. The summed E-state index contributed by atoms with van der Waals surface area (Å²) < 4.78 is 35.5. The summed E-state index contributed by atoms with van der Waals surface area (Å²) >= 11 is 0. The predicted molar refractivity (Wildman–Crippen MR) is 122 cm³/mol. The number of carbonyl (C=O) groups is 1. The smallest absolute Gasteiger partial charge is 0.224 e. The van der Waals surface area contributed by atoms with Gasteiger partial charge in [-0.2, -0.15) is 0 Å². The number of fused-ring (bicyclic) bond motifs is 1. The summed E-state index contributed by atoms with van der Waals surface area (Å²) in [5, 5.41) is 11.5. The van der Waals surface area contributed by atoms with Crippen LogP contribution in [0.2, 0.25) is 0 Å². The van der Waals surface area contributed by atoms with Gasteiger partial charge in [-0.25, -0.2) is 13.8 Å². The van der Waals surface area contributed by atoms with Crippen LogP contribution in [0.15, 0.2) is 53.1 Å². The maximum absolute atomic E-state index is 13.9. The Morgan fingerprint density at radius 1 is 1.03 bits per heavy atom. The molecule has 0 bridgehead atoms. The van der Waals surface area contributed by atoms with Gasteiger partial charge in [-0.15, -0.1) is 10.2 Å². The molecule has 7 nitrogen and oxygen atoms in total. The number of aryl methyl sites for hydroxylation is 2. The zero-order valence-corrected chi connectivity index (χ0v) is 18.4. The van der Waals surface area contributed by atoms with E-state index in [-0.39, 0.29) is 36.0 Å². The summed E-state index contributed by atoms with van der Waals surface area (Å²) in [7, 11) is 0. The van der Waals surface area contributed by atoms with Crippen LogP contribution in [-0.4, -0.2) is 25.7 Å². The van der Waals surface area contributed by atoms with Gasteiger partial charge < -0.3 is 14.3 Å². The third-order valence-electron chi connectivity index (χ3n) is 5.87. The Morgan fingerprint density at radius 3 is 2.62 bits per heavy atom. The lowest BCUT2D eigenvalue weighted by Gasteiger charge is -2.08. The monoisotopic (exact) mass is 463 g/mol. The summed E-state index contributed by atoms with van der Waals surface area (Å²) in [6, 6.07) is 11.1. The Hall–Kier alpha value is -3.88. The quantitative estimate of drug-likeness (QED) is 0.426. The molecule has 0 spiro atoms. The van der Waals surface area contributed by atoms with E-state index >= 15 is 0 Å². The molecule has 2 aromatic carbocycles. The van der Waals surface area contributed by atoms with Gasteiger partial charge in [0.25, 0.3) is 0 Å². The van der Waals surface area contributed by atoms with Crippen LogP contribution >= 0.6 is 0 Å². The molecule has 0 saturated heterocycles. The molecular weight excluding hydrogens is 440 g/mol. The SMILES string of the molecule is O=C(CCc1ncc(-c2c(F)cccc2F)o1)Nc1ccc(-c2nnc3n2CCCCC3)cc1. The first-order chi connectivity index (χ1) is 16.6. The predicted octanol–water partition coefficient (Wildman–Crippen LogP) is 5.18. The van der Waals surface area contributed by atoms with Gasteiger partial charge in [0.2, 0.25) is 5.91 Å². The van der Waals surface area contributed by atoms with Crippen molar-refractivity contribution in [1.82, 2.24) is 19.7 Å². The molecule has 0 unspecified atom stereocenters. The Bertz CT molecular complexity index is 1290. The summed E-state index contributed by atoms with van der Waals surface area (Å²) in [6.07, 6.45) is 5.97. The van der Waals surface area contributed by atoms with E-state index in [4.69, 9.17) is 4.42 Å². The Labute approximate surface area is 194 Å². The molecule has 0 aliphatic carbocycles. The highest BCUT2D eigenvalue weighted by molar-refractivity contribution is 5.91. The van der Waals surface area contributed by atoms with Crippen molar-refractivity contribution in [3.8, 4) is 22.7 Å². The van der Waals surface area contributed by atoms with Crippen LogP contribution in [0.25, 0.3) is 22.7 Å². The average Bonchev–Trinajstić information content (AvgIpc) is 3.39. The Morgan fingerprint density at radius 2 is 1.82 bits per heavy atom. The van der Waals surface area contributed by atoms with Crippen LogP contribution < -0.4 is 5.32 Å². The molecule has 0 radical (unpaired) electrons. The fourth-order valence-corrected chi connectivity index (χ4v) is 4.12. The van der Waals surface area contributed by atoms with Crippen LogP contribution in [0.3, 0.4) is 0 Å². The second kappa shape index (κ2) is 9.54. The van der Waals surface area contributed by atoms with Crippen molar-refractivity contribution < 1.29 is 18.0 Å². The largest absolute Gasteiger partial charge is 0.441 e. The number of rotatable bonds is 6. The fraction of sp³-hybridized carbons (Fsp3) is 0.280. The van der Waals surface area contributed by atoms with E-state index in [2.05, 4.69) is 25.1 Å². The number of benzene rings is 2. The number of hydrogen-bond donors (Lipinski definition) is 1. The topological polar surface area (TPSA) is 85.8 Å². The second-order valence-electron chi connectivity index (χ2n) is 8.24. The highest BCUT2D eigenvalue weighted by Crippen LogP contribution is 2.27. The van der Waals surface area contributed by atoms with Gasteiger partial charge >= 0.3 is 0 Å². The van der Waals surface area contributed by atoms with E-state index in [1.807, 2.05) is 24.3 Å². The van der Waals surface area contributed by atoms with Gasteiger partial charge in [0.05, 0.1) is 11.8 Å². The van der Waals surface area contributed by atoms with Crippen LogP contribution in [0.1, 0.15) is 37.4 Å². The molecule has 9 heteroatoms. The third kappa shape index (κ3) is 4.59. The van der Waals surface area contributed by atoms with Crippen molar-refractivity contribution in [1.29, 1.82) is 0 Å². The molecule has 1 aliphatic rings. The highest BCUT2D eigenvalue weighted by atomic mass is 19.1. The van der Waals surface area contributed by atoms with Crippen LogP contribution in [0.5, 0.6) is 0 Å². The first-order valence-electron chi connectivity index (χ1n) is 11.3. The maximum Gasteiger partial charge on any atom is 0.224 e. The molecule has 1 aliphatic heterocycles. The van der Waals surface area contributed by atoms with E-state index in [1.54, 1.807) is 0 Å². The van der Waals surface area contributed by atoms with Crippen LogP contribution in [-0.2, 0) is 24.2 Å². The summed E-state index contributed by atoms with van der Waals surface area (Å²) in [6.45, 7) is 0.919. The minimum Gasteiger partial charge on any atom is -0.441 e. The van der Waals surface area contributed by atoms with Crippen molar-refractivity contribution in [3.63, 3.8) is 0 Å². The van der Waals surface area contributed by atoms with Crippen molar-refractivity contribution in [2.75, 3.05) is 5.32 Å². The first-order valence-corrected chi connectivity index (χ1v) is 11.3. The zero-order chi connectivity index (χ0) is 23.5. The number of aromatic nitrogens is 4. The number of oxazole rings is 1. The normalized spacial score (nSPS) is 13.4. The van der Waals surface area contributed by atoms with E-state index in [1.165, 1.54) is 18.7 Å². The average molecular weight is 463 g/mol. The van der Waals surface area contributed by atoms with Gasteiger partial charge in [0, 0.05) is 37.1 Å². The molecule has 0 atom stereocenters. The molecule has 0 saturated carbocycles. The van der Waals surface area contributed by atoms with Gasteiger partial charge in [0.15, 0.2) is 17.5 Å². The molecule has 2 aromatic heterocycles. The van der Waals surface area contributed by atoms with Gasteiger partial charge in [-0.3, -0.25) is 4.79 Å². The second-order valence-corrected chi connectivity index (χ2v) is 8.24. The highest BCUT2D eigenvalue weighted by Gasteiger charge is 2.17. The molecular formula is C25H23F2N5O2. The first kappa shape index (κ1) is 21.9. The van der Waals surface area contributed by atoms with E-state index in [9.17, 15) is 13.6 Å². The lowest BCUT2D eigenvalue weighted by molar-refractivity contribution is -0.116. The number of anilines is 1. The molecule has 0 fully saturated rings. The number of carbonyl (C=O) groups excluding carboxylic acids is 1. The van der Waals surface area contributed by atoms with Crippen molar-refractivity contribution >= 4 is 11.6 Å². The van der Waals surface area contributed by atoms with Crippen LogP contribution in [0.4, 0.5) is 14.5 Å². The number of nitrogens with zero attached hydrogens (tertiary/aromatic N) is 4. The molecule has 1 N–H and O–H groups in total. The fourth-order valence-electron chi connectivity index (χ4n) is 4.12. The lowest BCUT2D eigenvalue weighted by atomic mass is 10.1. The van der Waals surface area contributed by atoms with Crippen LogP contribution in [0, 0.1) is 11.6 Å². The molecule has 174 valence electrons. The summed E-state index contributed by atoms with van der Waals surface area (Å²) in [4.78, 5) is 16.4. The van der Waals surface area contributed by atoms with E-state index in [0.717, 1.165) is 55.2 Å². The number of halogens is 2. The van der Waals surface area contributed by atoms with Crippen molar-refractivity contribution in [2.45, 2.75) is 45.1 Å². The minimum atomic E-state index is -0.730. The molecule has 3 heterocycles. The summed E-state index contributed by atoms with van der Waals surface area (Å²) in [5.74, 6) is 0.416. The number of hydrogen-bond acceptors (Lipinski definition) is 5. The maximum atomic E-state index is 13.9. The Balaban J connectivity index is 1.19. The van der Waals surface area contributed by atoms with Gasteiger partial charge in [0.1, 0.15) is 17.5 Å². The molecule has 4 aromatic rings. The number of nitrogens with one attached hydrogen (secondary N) is 1. The third-order valence-corrected chi connectivity index (χ3v) is 5.87. The van der Waals surface area contributed by atoms with E-state index < -0.39 is 11.6 Å². The molecule has 5 rings (SSSR count). The standard InChI is InChI=1S/C25H23F2N5O2/c26-18-5-4-6-19(27)24(18)20-15-28-23(34-20)13-12-22(33)29-17-10-8-16(9-11-17)25-31-30-21-7-2-1-3-14-32(21)25/h4-6,8-11,15H,1-3,7,12-14H2,(H,29,33). The van der Waals surface area contributed by atoms with Crippen molar-refractivity contribution in [2.24, 2.45) is 0 Å². The van der Waals surface area contributed by atoms with Crippen molar-refractivity contribution in [3.05, 3.63) is 72.0 Å². The van der Waals surface area contributed by atoms with E-state index in [0.29, 0.717) is 5.69 Å². The van der Waals surface area contributed by atoms with Gasteiger partial charge in [-0.1, -0.05) is 12.5 Å². The number of amides is 1. The zero-order valence-electron chi connectivity index (χ0n) is 18.4. The van der Waals surface area contributed by atoms with Gasteiger partial charge in [-0.05, 0) is 49.2 Å².